The van der Waals surface area contributed by atoms with Gasteiger partial charge in [0.2, 0.25) is 5.95 Å². The van der Waals surface area contributed by atoms with E-state index in [1.54, 1.807) is 11.8 Å². The van der Waals surface area contributed by atoms with Gasteiger partial charge in [0.25, 0.3) is 5.92 Å². The summed E-state index contributed by atoms with van der Waals surface area (Å²) in [5.41, 5.74) is 2.57. The fourth-order valence-electron chi connectivity index (χ4n) is 4.75. The van der Waals surface area contributed by atoms with E-state index in [0.29, 0.717) is 28.9 Å². The SMILES string of the molecule is CSNC1CCc2cc(-c3nc(N4CC(O)[C@@H]4C)nc4c3CCC4(F)F)cc(F)c21. The molecule has 3 atom stereocenters. The van der Waals surface area contributed by atoms with E-state index in [1.165, 1.54) is 18.0 Å². The first kappa shape index (κ1) is 20.1. The summed E-state index contributed by atoms with van der Waals surface area (Å²) in [6.45, 7) is 2.10. The van der Waals surface area contributed by atoms with E-state index in [-0.39, 0.29) is 42.4 Å². The molecule has 1 aromatic heterocycles. The number of β-amino-alcohol motifs (C(OH)–C–C–N with tert-alkyl or cyclic N) is 1. The van der Waals surface area contributed by atoms with Crippen molar-refractivity contribution in [3.05, 3.63) is 40.3 Å². The van der Waals surface area contributed by atoms with Crippen molar-refractivity contribution in [3.8, 4) is 11.3 Å². The molecule has 2 aromatic rings. The second-order valence-electron chi connectivity index (χ2n) is 8.31. The maximum Gasteiger partial charge on any atom is 0.290 e. The zero-order chi connectivity index (χ0) is 21.2. The summed E-state index contributed by atoms with van der Waals surface area (Å²) in [4.78, 5) is 10.5. The van der Waals surface area contributed by atoms with Crippen molar-refractivity contribution in [2.45, 2.75) is 56.7 Å². The van der Waals surface area contributed by atoms with E-state index in [4.69, 9.17) is 0 Å². The Hall–Kier alpha value is -1.84. The molecule has 0 saturated carbocycles. The fraction of sp³-hybridized carbons (Fsp3) is 0.524. The Morgan fingerprint density at radius 1 is 1.27 bits per heavy atom. The topological polar surface area (TPSA) is 61.3 Å². The highest BCUT2D eigenvalue weighted by molar-refractivity contribution is 7.96. The monoisotopic (exact) mass is 436 g/mol. The largest absolute Gasteiger partial charge is 0.389 e. The number of hydrogen-bond donors (Lipinski definition) is 2. The third-order valence-corrected chi connectivity index (χ3v) is 7.04. The van der Waals surface area contributed by atoms with Gasteiger partial charge >= 0.3 is 0 Å². The van der Waals surface area contributed by atoms with Crippen molar-refractivity contribution in [2.24, 2.45) is 0 Å². The van der Waals surface area contributed by atoms with Crippen molar-refractivity contribution in [1.82, 2.24) is 14.7 Å². The minimum absolute atomic E-state index is 0.0523. The number of aliphatic hydroxyl groups excluding tert-OH is 1. The maximum absolute atomic E-state index is 15.1. The first-order valence-corrected chi connectivity index (χ1v) is 11.4. The molecule has 3 aliphatic rings. The molecule has 1 saturated heterocycles. The fourth-order valence-corrected chi connectivity index (χ4v) is 5.27. The average molecular weight is 437 g/mol. The molecule has 5 nitrogen and oxygen atoms in total. The van der Waals surface area contributed by atoms with E-state index in [2.05, 4.69) is 14.7 Å². The second kappa shape index (κ2) is 7.10. The number of benzene rings is 1. The van der Waals surface area contributed by atoms with Gasteiger partial charge in [-0.2, -0.15) is 8.78 Å². The molecule has 0 bridgehead atoms. The van der Waals surface area contributed by atoms with Crippen LogP contribution < -0.4 is 9.62 Å². The number of alkyl halides is 2. The predicted molar refractivity (Wildman–Crippen MR) is 110 cm³/mol. The molecule has 30 heavy (non-hydrogen) atoms. The molecule has 1 aliphatic heterocycles. The Balaban J connectivity index is 1.63. The zero-order valence-electron chi connectivity index (χ0n) is 16.8. The van der Waals surface area contributed by atoms with Crippen LogP contribution in [-0.4, -0.2) is 40.0 Å². The van der Waals surface area contributed by atoms with E-state index >= 15 is 4.39 Å². The number of nitrogens with zero attached hydrogens (tertiary/aromatic N) is 3. The van der Waals surface area contributed by atoms with Gasteiger partial charge in [0, 0.05) is 35.7 Å². The number of anilines is 1. The summed E-state index contributed by atoms with van der Waals surface area (Å²) >= 11 is 1.46. The molecule has 9 heteroatoms. The minimum Gasteiger partial charge on any atom is -0.389 e. The molecule has 0 amide bonds. The number of aryl methyl sites for hydroxylation is 1. The molecular formula is C21H23F3N4OS. The van der Waals surface area contributed by atoms with Gasteiger partial charge < -0.3 is 10.0 Å². The van der Waals surface area contributed by atoms with Crippen molar-refractivity contribution in [2.75, 3.05) is 17.7 Å². The van der Waals surface area contributed by atoms with Crippen molar-refractivity contribution < 1.29 is 18.3 Å². The van der Waals surface area contributed by atoms with Crippen LogP contribution in [0, 0.1) is 5.82 Å². The Morgan fingerprint density at radius 2 is 2.07 bits per heavy atom. The molecule has 1 fully saturated rings. The lowest BCUT2D eigenvalue weighted by atomic mass is 9.98. The van der Waals surface area contributed by atoms with Gasteiger partial charge in [-0.25, -0.2) is 14.4 Å². The van der Waals surface area contributed by atoms with Gasteiger partial charge in [-0.15, -0.1) is 0 Å². The number of halogens is 3. The Morgan fingerprint density at radius 3 is 2.77 bits per heavy atom. The first-order chi connectivity index (χ1) is 14.3. The lowest BCUT2D eigenvalue weighted by Crippen LogP contribution is -2.59. The summed E-state index contributed by atoms with van der Waals surface area (Å²) in [5.74, 6) is -3.19. The Kier molecular flexibility index (Phi) is 4.75. The van der Waals surface area contributed by atoms with Gasteiger partial charge in [0.1, 0.15) is 11.5 Å². The van der Waals surface area contributed by atoms with Crippen molar-refractivity contribution >= 4 is 17.9 Å². The van der Waals surface area contributed by atoms with Gasteiger partial charge in [-0.3, -0.25) is 4.72 Å². The Labute approximate surface area is 177 Å². The number of rotatable bonds is 4. The standard InChI is InChI=1S/C21H23F3N4OS/c1-10-16(29)9-28(10)20-25-18(13-5-6-21(23,24)19(13)26-20)12-7-11-3-4-15(27-30-2)17(11)14(22)8-12/h7-8,10,15-16,27,29H,3-6,9H2,1-2H3/t10-,15?,16?/m0/s1. The highest BCUT2D eigenvalue weighted by Gasteiger charge is 2.45. The smallest absolute Gasteiger partial charge is 0.290 e. The van der Waals surface area contributed by atoms with E-state index < -0.39 is 12.0 Å². The van der Waals surface area contributed by atoms with Crippen LogP contribution in [0.4, 0.5) is 19.1 Å². The first-order valence-electron chi connectivity index (χ1n) is 10.1. The molecule has 0 radical (unpaired) electrons. The molecule has 2 N–H and O–H groups in total. The van der Waals surface area contributed by atoms with Crippen LogP contribution in [0.5, 0.6) is 0 Å². The summed E-state index contributed by atoms with van der Waals surface area (Å²) in [5, 5.41) is 9.84. The highest BCUT2D eigenvalue weighted by atomic mass is 32.2. The number of hydrogen-bond acceptors (Lipinski definition) is 6. The maximum atomic E-state index is 15.1. The van der Waals surface area contributed by atoms with Crippen LogP contribution >= 0.6 is 11.9 Å². The number of aliphatic hydroxyl groups is 1. The van der Waals surface area contributed by atoms with Gasteiger partial charge in [0.15, 0.2) is 0 Å². The van der Waals surface area contributed by atoms with Gasteiger partial charge in [0.05, 0.1) is 17.8 Å². The lowest BCUT2D eigenvalue weighted by Gasteiger charge is -2.43. The van der Waals surface area contributed by atoms with E-state index in [0.717, 1.165) is 18.4 Å². The molecule has 0 spiro atoms. The quantitative estimate of drug-likeness (QED) is 0.712. The highest BCUT2D eigenvalue weighted by Crippen LogP contribution is 2.46. The molecule has 5 rings (SSSR count). The molecule has 2 heterocycles. The lowest BCUT2D eigenvalue weighted by molar-refractivity contribution is -0.00603. The molecule has 2 unspecified atom stereocenters. The van der Waals surface area contributed by atoms with Crippen LogP contribution in [0.25, 0.3) is 11.3 Å². The normalized spacial score (nSPS) is 26.5. The third kappa shape index (κ3) is 3.01. The third-order valence-electron chi connectivity index (χ3n) is 6.52. The molecule has 160 valence electrons. The summed E-state index contributed by atoms with van der Waals surface area (Å²) in [7, 11) is 0. The van der Waals surface area contributed by atoms with E-state index in [1.807, 2.05) is 12.3 Å². The van der Waals surface area contributed by atoms with Crippen LogP contribution in [0.15, 0.2) is 12.1 Å². The van der Waals surface area contributed by atoms with Crippen LogP contribution in [0.2, 0.25) is 0 Å². The number of nitrogens with one attached hydrogen (secondary N) is 1. The number of aromatic nitrogens is 2. The zero-order valence-corrected chi connectivity index (χ0v) is 17.6. The molecule has 1 aromatic carbocycles. The van der Waals surface area contributed by atoms with Crippen molar-refractivity contribution in [1.29, 1.82) is 0 Å². The van der Waals surface area contributed by atoms with Crippen molar-refractivity contribution in [3.63, 3.8) is 0 Å². The summed E-state index contributed by atoms with van der Waals surface area (Å²) < 4.78 is 47.4. The van der Waals surface area contributed by atoms with Gasteiger partial charge in [-0.05, 0) is 50.1 Å². The summed E-state index contributed by atoms with van der Waals surface area (Å²) in [6.07, 6.45) is 2.73. The minimum atomic E-state index is -3.03. The van der Waals surface area contributed by atoms with Crippen LogP contribution in [0.1, 0.15) is 48.2 Å². The Bertz CT molecular complexity index is 1020. The van der Waals surface area contributed by atoms with Crippen LogP contribution in [0.3, 0.4) is 0 Å². The van der Waals surface area contributed by atoms with Gasteiger partial charge in [-0.1, -0.05) is 11.9 Å². The second-order valence-corrected chi connectivity index (χ2v) is 8.95. The molecule has 2 aliphatic carbocycles. The average Bonchev–Trinajstić information content (AvgIpc) is 3.26. The van der Waals surface area contributed by atoms with Crippen LogP contribution in [-0.2, 0) is 18.8 Å². The predicted octanol–water partition coefficient (Wildman–Crippen LogP) is 3.75. The van der Waals surface area contributed by atoms with E-state index in [9.17, 15) is 13.9 Å². The molecular weight excluding hydrogens is 413 g/mol. The summed E-state index contributed by atoms with van der Waals surface area (Å²) in [6, 6.07) is 3.00. The number of fused-ring (bicyclic) bond motifs is 2.